The minimum atomic E-state index is -0.275. The summed E-state index contributed by atoms with van der Waals surface area (Å²) in [4.78, 5) is 11.0. The van der Waals surface area contributed by atoms with Crippen molar-refractivity contribution in [1.82, 2.24) is 0 Å². The molecule has 0 N–H and O–H groups in total. The number of hydrogen-bond acceptors (Lipinski definition) is 3. The highest BCUT2D eigenvalue weighted by atomic mass is 16.6. The molecule has 3 heteroatoms. The molecule has 0 spiro atoms. The highest BCUT2D eigenvalue weighted by molar-refractivity contribution is 5.82. The van der Waals surface area contributed by atoms with E-state index in [0.29, 0.717) is 12.7 Å². The third kappa shape index (κ3) is 5.31. The summed E-state index contributed by atoms with van der Waals surface area (Å²) in [5, 5.41) is 0. The first-order valence-electron chi connectivity index (χ1n) is 6.28. The summed E-state index contributed by atoms with van der Waals surface area (Å²) in [7, 11) is 0. The fourth-order valence-electron chi connectivity index (χ4n) is 1.69. The first kappa shape index (κ1) is 13.2. The van der Waals surface area contributed by atoms with E-state index in [1.54, 1.807) is 6.92 Å². The summed E-state index contributed by atoms with van der Waals surface area (Å²) in [5.41, 5.74) is 0. The molecule has 0 aliphatic carbocycles. The molecular weight excluding hydrogens is 204 g/mol. The van der Waals surface area contributed by atoms with Crippen LogP contribution < -0.4 is 0 Å². The Kier molecular flexibility index (Phi) is 6.16. The molecule has 1 saturated heterocycles. The van der Waals surface area contributed by atoms with Crippen molar-refractivity contribution in [3.63, 3.8) is 0 Å². The molecule has 1 rings (SSSR count). The number of carbonyl (C=O) groups excluding carboxylic acids is 1. The lowest BCUT2D eigenvalue weighted by Gasteiger charge is -1.95. The molecule has 0 amide bonds. The smallest absolute Gasteiger partial charge is 0.330 e. The zero-order valence-corrected chi connectivity index (χ0v) is 10.3. The number of epoxide rings is 1. The van der Waals surface area contributed by atoms with Gasteiger partial charge >= 0.3 is 5.97 Å². The standard InChI is InChI=1S/C13H22O3/c1-3-5-6-7-8-11-12(16-11)9-10-13(14)15-4-2/h9-12H,3-8H2,1-2H3/b10-9+/t11-,12+/m1/s1. The van der Waals surface area contributed by atoms with Gasteiger partial charge < -0.3 is 9.47 Å². The second kappa shape index (κ2) is 7.44. The molecule has 0 unspecified atom stereocenters. The van der Waals surface area contributed by atoms with Gasteiger partial charge in [0.15, 0.2) is 0 Å². The third-order valence-corrected chi connectivity index (χ3v) is 2.67. The molecule has 16 heavy (non-hydrogen) atoms. The van der Waals surface area contributed by atoms with Crippen molar-refractivity contribution in [2.45, 2.75) is 58.2 Å². The van der Waals surface area contributed by atoms with Crippen LogP contribution in [0.4, 0.5) is 0 Å². The molecule has 92 valence electrons. The minimum Gasteiger partial charge on any atom is -0.463 e. The fraction of sp³-hybridized carbons (Fsp3) is 0.769. The summed E-state index contributed by atoms with van der Waals surface area (Å²) >= 11 is 0. The Morgan fingerprint density at radius 3 is 2.81 bits per heavy atom. The lowest BCUT2D eigenvalue weighted by Crippen LogP contribution is -2.00. The van der Waals surface area contributed by atoms with Crippen LogP contribution in [-0.4, -0.2) is 24.8 Å². The molecule has 3 nitrogen and oxygen atoms in total. The number of unbranched alkanes of at least 4 members (excludes halogenated alkanes) is 3. The van der Waals surface area contributed by atoms with Crippen LogP contribution >= 0.6 is 0 Å². The van der Waals surface area contributed by atoms with Crippen LogP contribution in [0.3, 0.4) is 0 Å². The van der Waals surface area contributed by atoms with Gasteiger partial charge in [-0.2, -0.15) is 0 Å². The van der Waals surface area contributed by atoms with E-state index in [9.17, 15) is 4.79 Å². The number of carbonyl (C=O) groups is 1. The molecule has 0 aromatic rings. The van der Waals surface area contributed by atoms with E-state index >= 15 is 0 Å². The Labute approximate surface area is 97.8 Å². The van der Waals surface area contributed by atoms with Gasteiger partial charge in [0.05, 0.1) is 12.7 Å². The molecule has 1 aliphatic heterocycles. The maximum absolute atomic E-state index is 11.0. The number of ether oxygens (including phenoxy) is 2. The molecule has 1 aliphatic rings. The lowest BCUT2D eigenvalue weighted by molar-refractivity contribution is -0.137. The second-order valence-corrected chi connectivity index (χ2v) is 4.10. The molecule has 2 atom stereocenters. The Bertz CT molecular complexity index is 235. The Hall–Kier alpha value is -0.830. The molecule has 0 radical (unpaired) electrons. The average Bonchev–Trinajstić information content (AvgIpc) is 3.01. The van der Waals surface area contributed by atoms with E-state index in [1.165, 1.54) is 31.8 Å². The van der Waals surface area contributed by atoms with Crippen molar-refractivity contribution >= 4 is 5.97 Å². The van der Waals surface area contributed by atoms with Crippen LogP contribution in [-0.2, 0) is 14.3 Å². The lowest BCUT2D eigenvalue weighted by atomic mass is 10.1. The monoisotopic (exact) mass is 226 g/mol. The van der Waals surface area contributed by atoms with Crippen molar-refractivity contribution in [2.75, 3.05) is 6.61 Å². The van der Waals surface area contributed by atoms with Crippen LogP contribution in [0.2, 0.25) is 0 Å². The summed E-state index contributed by atoms with van der Waals surface area (Å²) < 4.78 is 10.2. The summed E-state index contributed by atoms with van der Waals surface area (Å²) in [6.45, 7) is 4.43. The highest BCUT2D eigenvalue weighted by Gasteiger charge is 2.35. The third-order valence-electron chi connectivity index (χ3n) is 2.67. The fourth-order valence-corrected chi connectivity index (χ4v) is 1.69. The highest BCUT2D eigenvalue weighted by Crippen LogP contribution is 2.28. The van der Waals surface area contributed by atoms with E-state index in [0.717, 1.165) is 6.42 Å². The van der Waals surface area contributed by atoms with Crippen molar-refractivity contribution in [3.8, 4) is 0 Å². The molecule has 0 aromatic carbocycles. The summed E-state index contributed by atoms with van der Waals surface area (Å²) in [6, 6.07) is 0. The quantitative estimate of drug-likeness (QED) is 0.276. The van der Waals surface area contributed by atoms with Gasteiger partial charge in [-0.25, -0.2) is 4.79 Å². The van der Waals surface area contributed by atoms with Crippen molar-refractivity contribution in [2.24, 2.45) is 0 Å². The maximum atomic E-state index is 11.0. The Balaban J connectivity index is 2.03. The van der Waals surface area contributed by atoms with Crippen LogP contribution in [0.1, 0.15) is 46.0 Å². The van der Waals surface area contributed by atoms with Gasteiger partial charge in [0.1, 0.15) is 6.10 Å². The van der Waals surface area contributed by atoms with Gasteiger partial charge in [0.2, 0.25) is 0 Å². The van der Waals surface area contributed by atoms with E-state index in [-0.39, 0.29) is 12.1 Å². The SMILES string of the molecule is CCCCCC[C@H]1O[C@H]1/C=C/C(=O)OCC. The van der Waals surface area contributed by atoms with E-state index in [1.807, 2.05) is 6.08 Å². The van der Waals surface area contributed by atoms with Crippen LogP contribution in [0, 0.1) is 0 Å². The van der Waals surface area contributed by atoms with Gasteiger partial charge in [-0.1, -0.05) is 32.6 Å². The average molecular weight is 226 g/mol. The molecule has 1 fully saturated rings. The first-order valence-corrected chi connectivity index (χ1v) is 6.28. The Morgan fingerprint density at radius 1 is 1.31 bits per heavy atom. The predicted molar refractivity (Wildman–Crippen MR) is 63.2 cm³/mol. The van der Waals surface area contributed by atoms with Gasteiger partial charge in [-0.15, -0.1) is 0 Å². The largest absolute Gasteiger partial charge is 0.463 e. The Morgan fingerprint density at radius 2 is 2.12 bits per heavy atom. The molecular formula is C13H22O3. The molecule has 0 aromatic heterocycles. The van der Waals surface area contributed by atoms with E-state index in [4.69, 9.17) is 9.47 Å². The minimum absolute atomic E-state index is 0.144. The molecule has 1 heterocycles. The van der Waals surface area contributed by atoms with E-state index in [2.05, 4.69) is 6.92 Å². The number of rotatable bonds is 8. The van der Waals surface area contributed by atoms with Crippen LogP contribution in [0.15, 0.2) is 12.2 Å². The van der Waals surface area contributed by atoms with Crippen LogP contribution in [0.5, 0.6) is 0 Å². The maximum Gasteiger partial charge on any atom is 0.330 e. The van der Waals surface area contributed by atoms with E-state index < -0.39 is 0 Å². The summed E-state index contributed by atoms with van der Waals surface area (Å²) in [6.07, 6.45) is 9.94. The normalized spacial score (nSPS) is 23.6. The van der Waals surface area contributed by atoms with Crippen molar-refractivity contribution in [3.05, 3.63) is 12.2 Å². The number of hydrogen-bond donors (Lipinski definition) is 0. The number of esters is 1. The summed E-state index contributed by atoms with van der Waals surface area (Å²) in [5.74, 6) is -0.275. The predicted octanol–water partition coefficient (Wildman–Crippen LogP) is 2.84. The van der Waals surface area contributed by atoms with Crippen molar-refractivity contribution < 1.29 is 14.3 Å². The second-order valence-electron chi connectivity index (χ2n) is 4.10. The van der Waals surface area contributed by atoms with Gasteiger partial charge in [0.25, 0.3) is 0 Å². The zero-order valence-electron chi connectivity index (χ0n) is 10.3. The molecule has 0 bridgehead atoms. The van der Waals surface area contributed by atoms with Gasteiger partial charge in [0, 0.05) is 6.08 Å². The first-order chi connectivity index (χ1) is 7.77. The van der Waals surface area contributed by atoms with Gasteiger partial charge in [-0.05, 0) is 19.4 Å². The topological polar surface area (TPSA) is 38.8 Å². The van der Waals surface area contributed by atoms with Crippen molar-refractivity contribution in [1.29, 1.82) is 0 Å². The molecule has 0 saturated carbocycles. The van der Waals surface area contributed by atoms with Gasteiger partial charge in [-0.3, -0.25) is 0 Å². The van der Waals surface area contributed by atoms with Crippen LogP contribution in [0.25, 0.3) is 0 Å². The zero-order chi connectivity index (χ0) is 11.8.